The molecule has 0 radical (unpaired) electrons. The molecule has 0 fully saturated rings. The van der Waals surface area contributed by atoms with Gasteiger partial charge in [0.1, 0.15) is 0 Å². The van der Waals surface area contributed by atoms with Gasteiger partial charge in [0.15, 0.2) is 0 Å². The molecular weight excluding hydrogens is 238 g/mol. The lowest BCUT2D eigenvalue weighted by Gasteiger charge is -2.09. The predicted molar refractivity (Wildman–Crippen MR) is 74.0 cm³/mol. The molecule has 4 nitrogen and oxygen atoms in total. The second kappa shape index (κ2) is 12.6. The first-order valence-corrected chi connectivity index (χ1v) is 6.80. The second-order valence-electron chi connectivity index (χ2n) is 4.20. The number of thiol groups is 1. The monoisotopic (exact) mass is 265 g/mol. The Kier molecular flexibility index (Phi) is 12.8. The van der Waals surface area contributed by atoms with Gasteiger partial charge in [-0.1, -0.05) is 6.92 Å². The molecule has 0 saturated carbocycles. The highest BCUT2D eigenvalue weighted by Crippen LogP contribution is 1.88. The molecule has 0 heterocycles. The lowest BCUT2D eigenvalue weighted by molar-refractivity contribution is -0.00102. The first-order valence-electron chi connectivity index (χ1n) is 6.28. The van der Waals surface area contributed by atoms with E-state index in [1.54, 1.807) is 0 Å². The van der Waals surface area contributed by atoms with Crippen LogP contribution >= 0.6 is 12.6 Å². The van der Waals surface area contributed by atoms with Gasteiger partial charge in [0.05, 0.1) is 39.1 Å². The molecule has 1 N–H and O–H groups in total. The van der Waals surface area contributed by atoms with Crippen molar-refractivity contribution in [1.29, 1.82) is 0 Å². The zero-order valence-electron chi connectivity index (χ0n) is 11.3. The maximum absolute atomic E-state index is 5.39. The molecule has 0 aliphatic heterocycles. The summed E-state index contributed by atoms with van der Waals surface area (Å²) in [5, 5.41) is 3.63. The Morgan fingerprint density at radius 1 is 0.941 bits per heavy atom. The van der Waals surface area contributed by atoms with Crippen LogP contribution in [0.4, 0.5) is 0 Å². The summed E-state index contributed by atoms with van der Waals surface area (Å²) < 4.78 is 16.1. The Morgan fingerprint density at radius 3 is 2.12 bits per heavy atom. The van der Waals surface area contributed by atoms with Crippen molar-refractivity contribution in [3.05, 3.63) is 0 Å². The maximum Gasteiger partial charge on any atom is 0.0703 e. The molecule has 0 unspecified atom stereocenters. The predicted octanol–water partition coefficient (Wildman–Crippen LogP) is 1.35. The molecule has 0 aromatic rings. The average Bonchev–Trinajstić information content (AvgIpc) is 2.25. The van der Waals surface area contributed by atoms with Crippen LogP contribution in [0.15, 0.2) is 0 Å². The number of ether oxygens (including phenoxy) is 3. The largest absolute Gasteiger partial charge is 0.378 e. The van der Waals surface area contributed by atoms with Gasteiger partial charge >= 0.3 is 0 Å². The minimum Gasteiger partial charge on any atom is -0.378 e. The van der Waals surface area contributed by atoms with Gasteiger partial charge in [0.2, 0.25) is 0 Å². The van der Waals surface area contributed by atoms with Crippen LogP contribution in [0.3, 0.4) is 0 Å². The van der Waals surface area contributed by atoms with Crippen LogP contribution in [0, 0.1) is 0 Å². The van der Waals surface area contributed by atoms with Gasteiger partial charge in [-0.05, 0) is 13.8 Å². The molecule has 0 aliphatic carbocycles. The van der Waals surface area contributed by atoms with Gasteiger partial charge in [0, 0.05) is 18.3 Å². The molecule has 0 aliphatic rings. The Hall–Kier alpha value is 0.190. The minimum absolute atomic E-state index is 0.273. The van der Waals surface area contributed by atoms with E-state index in [1.807, 2.05) is 13.8 Å². The summed E-state index contributed by atoms with van der Waals surface area (Å²) in [4.78, 5) is 0. The normalized spacial score (nSPS) is 13.2. The SMILES string of the molecule is CC(C)OCCOCCOCCNC[C@H](C)S. The molecule has 104 valence electrons. The molecule has 0 aromatic carbocycles. The molecule has 0 amide bonds. The van der Waals surface area contributed by atoms with Crippen LogP contribution in [0.1, 0.15) is 20.8 Å². The summed E-state index contributed by atoms with van der Waals surface area (Å²) in [5.41, 5.74) is 0. The Balaban J connectivity index is 2.94. The maximum atomic E-state index is 5.39. The summed E-state index contributed by atoms with van der Waals surface area (Å²) >= 11 is 4.27. The molecule has 5 heteroatoms. The first-order chi connectivity index (χ1) is 8.13. The Morgan fingerprint density at radius 2 is 1.53 bits per heavy atom. The Labute approximate surface area is 111 Å². The highest BCUT2D eigenvalue weighted by Gasteiger charge is 1.95. The number of hydrogen-bond acceptors (Lipinski definition) is 5. The molecule has 0 aromatic heterocycles. The van der Waals surface area contributed by atoms with Crippen LogP contribution < -0.4 is 5.32 Å². The van der Waals surface area contributed by atoms with Crippen LogP contribution in [0.5, 0.6) is 0 Å². The second-order valence-corrected chi connectivity index (χ2v) is 5.08. The molecule has 0 saturated heterocycles. The van der Waals surface area contributed by atoms with Gasteiger partial charge in [-0.15, -0.1) is 0 Å². The van der Waals surface area contributed by atoms with E-state index in [0.29, 0.717) is 38.3 Å². The van der Waals surface area contributed by atoms with Crippen molar-refractivity contribution < 1.29 is 14.2 Å². The molecule has 17 heavy (non-hydrogen) atoms. The van der Waals surface area contributed by atoms with E-state index in [0.717, 1.165) is 13.1 Å². The van der Waals surface area contributed by atoms with Gasteiger partial charge < -0.3 is 19.5 Å². The molecule has 1 atom stereocenters. The minimum atomic E-state index is 0.273. The van der Waals surface area contributed by atoms with Crippen molar-refractivity contribution in [1.82, 2.24) is 5.32 Å². The van der Waals surface area contributed by atoms with E-state index in [-0.39, 0.29) is 6.10 Å². The van der Waals surface area contributed by atoms with E-state index >= 15 is 0 Å². The fraction of sp³-hybridized carbons (Fsp3) is 1.00. The Bertz CT molecular complexity index is 141. The molecule has 0 spiro atoms. The summed E-state index contributed by atoms with van der Waals surface area (Å²) in [6.45, 7) is 11.1. The average molecular weight is 265 g/mol. The van der Waals surface area contributed by atoms with Crippen molar-refractivity contribution in [2.24, 2.45) is 0 Å². The van der Waals surface area contributed by atoms with Crippen molar-refractivity contribution in [3.63, 3.8) is 0 Å². The number of nitrogens with one attached hydrogen (secondary N) is 1. The third kappa shape index (κ3) is 16.2. The summed E-state index contributed by atoms with van der Waals surface area (Å²) in [6.07, 6.45) is 0.273. The van der Waals surface area contributed by atoms with Crippen molar-refractivity contribution in [2.75, 3.05) is 46.1 Å². The van der Waals surface area contributed by atoms with Crippen LogP contribution in [0.2, 0.25) is 0 Å². The van der Waals surface area contributed by atoms with E-state index in [2.05, 4.69) is 24.9 Å². The molecular formula is C12H27NO3S. The summed E-state index contributed by atoms with van der Waals surface area (Å²) in [5.74, 6) is 0. The van der Waals surface area contributed by atoms with E-state index in [9.17, 15) is 0 Å². The van der Waals surface area contributed by atoms with E-state index < -0.39 is 0 Å². The summed E-state index contributed by atoms with van der Waals surface area (Å²) in [7, 11) is 0. The zero-order chi connectivity index (χ0) is 12.9. The van der Waals surface area contributed by atoms with Crippen molar-refractivity contribution in [2.45, 2.75) is 32.1 Å². The van der Waals surface area contributed by atoms with Gasteiger partial charge in [-0.3, -0.25) is 0 Å². The highest BCUT2D eigenvalue weighted by molar-refractivity contribution is 7.80. The highest BCUT2D eigenvalue weighted by atomic mass is 32.1. The van der Waals surface area contributed by atoms with Gasteiger partial charge in [-0.2, -0.15) is 12.6 Å². The van der Waals surface area contributed by atoms with Crippen LogP contribution in [0.25, 0.3) is 0 Å². The van der Waals surface area contributed by atoms with E-state index in [4.69, 9.17) is 14.2 Å². The van der Waals surface area contributed by atoms with Gasteiger partial charge in [-0.25, -0.2) is 0 Å². The van der Waals surface area contributed by atoms with Gasteiger partial charge in [0.25, 0.3) is 0 Å². The zero-order valence-corrected chi connectivity index (χ0v) is 12.2. The fourth-order valence-corrected chi connectivity index (χ4v) is 1.25. The fourth-order valence-electron chi connectivity index (χ4n) is 1.12. The lowest BCUT2D eigenvalue weighted by Crippen LogP contribution is -2.25. The van der Waals surface area contributed by atoms with Crippen molar-refractivity contribution >= 4 is 12.6 Å². The van der Waals surface area contributed by atoms with Crippen LogP contribution in [-0.4, -0.2) is 57.5 Å². The summed E-state index contributed by atoms with van der Waals surface area (Å²) in [6, 6.07) is 0. The topological polar surface area (TPSA) is 39.7 Å². The quantitative estimate of drug-likeness (QED) is 0.413. The van der Waals surface area contributed by atoms with Crippen molar-refractivity contribution in [3.8, 4) is 0 Å². The lowest BCUT2D eigenvalue weighted by atomic mass is 10.4. The number of hydrogen-bond donors (Lipinski definition) is 2. The third-order valence-electron chi connectivity index (χ3n) is 1.91. The smallest absolute Gasteiger partial charge is 0.0703 e. The molecule has 0 rings (SSSR count). The van der Waals surface area contributed by atoms with E-state index in [1.165, 1.54) is 0 Å². The standard InChI is InChI=1S/C12H27NO3S/c1-11(2)16-9-8-15-7-6-14-5-4-13-10-12(3)17/h11-13,17H,4-10H2,1-3H3/t12-/m0/s1. The molecule has 0 bridgehead atoms. The van der Waals surface area contributed by atoms with Crippen LogP contribution in [-0.2, 0) is 14.2 Å². The third-order valence-corrected chi connectivity index (χ3v) is 2.10. The first kappa shape index (κ1) is 17.2. The number of rotatable bonds is 12.